The number of rotatable bonds is 8. The monoisotopic (exact) mass is 612 g/mol. The minimum atomic E-state index is -1.66. The molecule has 41 heavy (non-hydrogen) atoms. The van der Waals surface area contributed by atoms with Crippen molar-refractivity contribution in [2.45, 2.75) is 19.1 Å². The van der Waals surface area contributed by atoms with Crippen LogP contribution in [0.15, 0.2) is 114 Å². The molecule has 212 valence electrons. The Morgan fingerprint density at radius 1 is 0.805 bits per heavy atom. The van der Waals surface area contributed by atoms with E-state index in [0.29, 0.717) is 22.4 Å². The van der Waals surface area contributed by atoms with E-state index >= 15 is 0 Å². The minimum absolute atomic E-state index is 0. The van der Waals surface area contributed by atoms with E-state index in [4.69, 9.17) is 0 Å². The fraction of sp³-hybridized carbons (Fsp3) is 0.206. The molecule has 7 heteroatoms. The van der Waals surface area contributed by atoms with E-state index in [1.165, 1.54) is 10.5 Å². The molecule has 0 bridgehead atoms. The lowest BCUT2D eigenvalue weighted by atomic mass is 9.80. The molecule has 0 radical (unpaired) electrons. The van der Waals surface area contributed by atoms with Gasteiger partial charge in [0, 0.05) is 32.0 Å². The number of nitrogens with one attached hydrogen (secondary N) is 1. The summed E-state index contributed by atoms with van der Waals surface area (Å²) in [6.45, 7) is 2.65. The number of halogens is 1. The number of hydrogen-bond donors (Lipinski definition) is 2. The third-order valence-corrected chi connectivity index (χ3v) is 7.78. The Balaban J connectivity index is 0.00000387. The van der Waals surface area contributed by atoms with Crippen LogP contribution in [0.2, 0.25) is 0 Å². The van der Waals surface area contributed by atoms with Crippen LogP contribution in [0.25, 0.3) is 5.69 Å². The van der Waals surface area contributed by atoms with Crippen molar-refractivity contribution in [2.24, 2.45) is 7.05 Å². The summed E-state index contributed by atoms with van der Waals surface area (Å²) < 4.78 is 3.44. The quantitative estimate of drug-likeness (QED) is 0.277. The first-order chi connectivity index (χ1) is 19.2. The van der Waals surface area contributed by atoms with E-state index in [1.807, 2.05) is 116 Å². The highest BCUT2D eigenvalue weighted by molar-refractivity contribution is 5.55. The summed E-state index contributed by atoms with van der Waals surface area (Å²) in [6.07, 6.45) is 0. The standard InChI is InChI=1S/C34H36N4O2.BrH/c1-25-32(33(39)38(37(25)5)31-14-10-7-11-15-31)34(40,27-16-20-29(21-17-27)35(2)3)28-18-22-30(23-19-28)36(4)24-26-12-8-6-9-13-26;/h6-23,40H,24H2,1-5H3;1H. The molecule has 0 spiro atoms. The first-order valence-electron chi connectivity index (χ1n) is 13.6. The summed E-state index contributed by atoms with van der Waals surface area (Å²) in [5.41, 5.74) is 4.50. The lowest BCUT2D eigenvalue weighted by Crippen LogP contribution is -3.00. The Hall–Kier alpha value is -3.91. The lowest BCUT2D eigenvalue weighted by molar-refractivity contribution is -0.786. The zero-order valence-corrected chi connectivity index (χ0v) is 25.8. The molecule has 0 fully saturated rings. The van der Waals surface area contributed by atoms with E-state index < -0.39 is 5.60 Å². The molecule has 0 amide bonds. The summed E-state index contributed by atoms with van der Waals surface area (Å²) in [6, 6.07) is 35.6. The molecular weight excluding hydrogens is 576 g/mol. The average Bonchev–Trinajstić information content (AvgIpc) is 3.21. The Kier molecular flexibility index (Phi) is 9.02. The first-order valence-corrected chi connectivity index (χ1v) is 13.6. The van der Waals surface area contributed by atoms with Gasteiger partial charge >= 0.3 is 0 Å². The Morgan fingerprint density at radius 2 is 1.32 bits per heavy atom. The maximum absolute atomic E-state index is 14.1. The fourth-order valence-electron chi connectivity index (χ4n) is 5.39. The van der Waals surface area contributed by atoms with Crippen molar-refractivity contribution in [3.63, 3.8) is 0 Å². The van der Waals surface area contributed by atoms with Gasteiger partial charge in [0.2, 0.25) is 0 Å². The number of para-hydroxylation sites is 1. The lowest BCUT2D eigenvalue weighted by Gasteiger charge is -2.30. The van der Waals surface area contributed by atoms with Crippen molar-refractivity contribution in [1.29, 1.82) is 0 Å². The van der Waals surface area contributed by atoms with Crippen LogP contribution in [0.5, 0.6) is 0 Å². The van der Waals surface area contributed by atoms with E-state index in [2.05, 4.69) is 38.2 Å². The van der Waals surface area contributed by atoms with Crippen LogP contribution >= 0.6 is 0 Å². The van der Waals surface area contributed by atoms with Crippen LogP contribution in [0.4, 0.5) is 11.4 Å². The smallest absolute Gasteiger partial charge is 0.278 e. The van der Waals surface area contributed by atoms with Crippen LogP contribution < -0.4 is 32.3 Å². The van der Waals surface area contributed by atoms with Gasteiger partial charge in [-0.1, -0.05) is 60.7 Å². The zero-order valence-electron chi connectivity index (χ0n) is 24.2. The number of nitrogens with zero attached hydrogens (tertiary/aromatic N) is 3. The molecule has 5 rings (SSSR count). The van der Waals surface area contributed by atoms with Crippen LogP contribution in [-0.2, 0) is 19.2 Å². The summed E-state index contributed by atoms with van der Waals surface area (Å²) in [4.78, 5) is 17.5. The van der Waals surface area contributed by atoms with Gasteiger partial charge in [0.1, 0.15) is 11.3 Å². The van der Waals surface area contributed by atoms with Crippen molar-refractivity contribution in [3.8, 4) is 5.69 Å². The Labute approximate surface area is 252 Å². The van der Waals surface area contributed by atoms with Gasteiger partial charge in [-0.05, 0) is 72.1 Å². The van der Waals surface area contributed by atoms with Crippen molar-refractivity contribution in [1.82, 2.24) is 9.36 Å². The largest absolute Gasteiger partial charge is 1.00 e. The molecule has 0 aliphatic heterocycles. The highest BCUT2D eigenvalue weighted by atomic mass is 79.9. The average molecular weight is 614 g/mol. The predicted octanol–water partition coefficient (Wildman–Crippen LogP) is 1.19. The molecule has 1 heterocycles. The van der Waals surface area contributed by atoms with Gasteiger partial charge in [-0.3, -0.25) is 9.48 Å². The van der Waals surface area contributed by atoms with Crippen molar-refractivity contribution < 1.29 is 27.0 Å². The predicted molar refractivity (Wildman–Crippen MR) is 162 cm³/mol. The summed E-state index contributed by atoms with van der Waals surface area (Å²) in [5, 5.41) is 12.7. The molecule has 0 saturated carbocycles. The SMILES string of the molecule is Cc1c(C(O)(c2ccc(N(C)Cc3ccccc3)cc2)c2ccc([NH+](C)C)cc2)c(=O)n(-c2ccccc2)n1C.[Br-]. The molecule has 2 N–H and O–H groups in total. The molecule has 6 nitrogen and oxygen atoms in total. The van der Waals surface area contributed by atoms with E-state index in [1.54, 1.807) is 4.68 Å². The Morgan fingerprint density at radius 3 is 1.85 bits per heavy atom. The van der Waals surface area contributed by atoms with Crippen LogP contribution in [0.3, 0.4) is 0 Å². The molecule has 1 aromatic heterocycles. The van der Waals surface area contributed by atoms with E-state index in [-0.39, 0.29) is 22.5 Å². The molecule has 0 saturated heterocycles. The third-order valence-electron chi connectivity index (χ3n) is 7.78. The maximum atomic E-state index is 14.1. The second-order valence-electron chi connectivity index (χ2n) is 10.6. The molecule has 0 aliphatic rings. The van der Waals surface area contributed by atoms with Gasteiger partial charge in [0.05, 0.1) is 25.3 Å². The summed E-state index contributed by atoms with van der Waals surface area (Å²) in [5.74, 6) is 0. The van der Waals surface area contributed by atoms with Crippen molar-refractivity contribution >= 4 is 11.4 Å². The van der Waals surface area contributed by atoms with Crippen LogP contribution in [-0.4, -0.2) is 35.6 Å². The van der Waals surface area contributed by atoms with Gasteiger partial charge < -0.3 is 31.9 Å². The van der Waals surface area contributed by atoms with Gasteiger partial charge in [0.15, 0.2) is 0 Å². The number of anilines is 1. The molecular formula is C34H37BrN4O2. The highest BCUT2D eigenvalue weighted by Gasteiger charge is 2.40. The summed E-state index contributed by atoms with van der Waals surface area (Å²) in [7, 11) is 8.03. The number of benzene rings is 4. The fourth-order valence-corrected chi connectivity index (χ4v) is 5.39. The third kappa shape index (κ3) is 5.66. The zero-order chi connectivity index (χ0) is 28.4. The molecule has 4 aromatic carbocycles. The van der Waals surface area contributed by atoms with Crippen molar-refractivity contribution in [3.05, 3.63) is 147 Å². The number of quaternary nitrogens is 1. The normalized spacial score (nSPS) is 12.6. The minimum Gasteiger partial charge on any atom is -1.00 e. The van der Waals surface area contributed by atoms with E-state index in [9.17, 15) is 9.90 Å². The highest BCUT2D eigenvalue weighted by Crippen LogP contribution is 2.38. The van der Waals surface area contributed by atoms with Gasteiger partial charge in [-0.2, -0.15) is 0 Å². The molecule has 5 aromatic rings. The maximum Gasteiger partial charge on any atom is 0.278 e. The molecule has 1 atom stereocenters. The molecule has 1 unspecified atom stereocenters. The van der Waals surface area contributed by atoms with Gasteiger partial charge in [-0.15, -0.1) is 0 Å². The first kappa shape index (κ1) is 30.1. The number of hydrogen-bond acceptors (Lipinski definition) is 3. The number of aromatic nitrogens is 2. The van der Waals surface area contributed by atoms with Gasteiger partial charge in [-0.25, -0.2) is 4.68 Å². The Bertz CT molecular complexity index is 1640. The molecule has 0 aliphatic carbocycles. The van der Waals surface area contributed by atoms with Crippen molar-refractivity contribution in [2.75, 3.05) is 26.0 Å². The second-order valence-corrected chi connectivity index (χ2v) is 10.6. The second kappa shape index (κ2) is 12.3. The van der Waals surface area contributed by atoms with E-state index in [0.717, 1.165) is 23.6 Å². The number of aliphatic hydroxyl groups is 1. The topological polar surface area (TPSA) is 54.8 Å². The van der Waals surface area contributed by atoms with Crippen LogP contribution in [0.1, 0.15) is 27.9 Å². The van der Waals surface area contributed by atoms with Crippen LogP contribution in [0, 0.1) is 6.92 Å². The summed E-state index contributed by atoms with van der Waals surface area (Å²) >= 11 is 0. The van der Waals surface area contributed by atoms with Gasteiger partial charge in [0.25, 0.3) is 5.56 Å².